The van der Waals surface area contributed by atoms with Gasteiger partial charge in [0, 0.05) is 11.2 Å². The van der Waals surface area contributed by atoms with Gasteiger partial charge in [-0.05, 0) is 51.9 Å². The number of carbonyl (C=O) groups is 2. The van der Waals surface area contributed by atoms with E-state index in [1.54, 1.807) is 13.0 Å². The van der Waals surface area contributed by atoms with Gasteiger partial charge < -0.3 is 16.4 Å². The molecule has 158 valence electrons. The van der Waals surface area contributed by atoms with Crippen molar-refractivity contribution in [3.63, 3.8) is 0 Å². The minimum atomic E-state index is -3.61. The SMILES string of the molecule is CNS(=O)(=O)c1cccc(NC(=O)C(C)NC(=O)C2CCCCC2(C)N)c1.Cl. The molecule has 1 aliphatic carbocycles. The van der Waals surface area contributed by atoms with E-state index >= 15 is 0 Å². The Morgan fingerprint density at radius 3 is 2.57 bits per heavy atom. The Morgan fingerprint density at radius 1 is 1.29 bits per heavy atom. The Morgan fingerprint density at radius 2 is 1.96 bits per heavy atom. The van der Waals surface area contributed by atoms with Gasteiger partial charge in [-0.15, -0.1) is 12.4 Å². The van der Waals surface area contributed by atoms with Gasteiger partial charge in [-0.1, -0.05) is 18.9 Å². The third-order valence-corrected chi connectivity index (χ3v) is 6.42. The summed E-state index contributed by atoms with van der Waals surface area (Å²) in [4.78, 5) is 25.0. The average molecular weight is 433 g/mol. The van der Waals surface area contributed by atoms with E-state index in [1.807, 2.05) is 6.92 Å². The average Bonchev–Trinajstić information content (AvgIpc) is 2.61. The van der Waals surface area contributed by atoms with Gasteiger partial charge in [0.2, 0.25) is 21.8 Å². The summed E-state index contributed by atoms with van der Waals surface area (Å²) in [5.74, 6) is -0.989. The first-order valence-corrected chi connectivity index (χ1v) is 10.5. The van der Waals surface area contributed by atoms with Gasteiger partial charge in [-0.3, -0.25) is 9.59 Å². The van der Waals surface area contributed by atoms with E-state index in [4.69, 9.17) is 5.73 Å². The van der Waals surface area contributed by atoms with Crippen molar-refractivity contribution in [1.82, 2.24) is 10.0 Å². The summed E-state index contributed by atoms with van der Waals surface area (Å²) in [5.41, 5.74) is 6.00. The van der Waals surface area contributed by atoms with Crippen LogP contribution in [0.5, 0.6) is 0 Å². The van der Waals surface area contributed by atoms with Crippen LogP contribution in [0, 0.1) is 5.92 Å². The highest BCUT2D eigenvalue weighted by atomic mass is 35.5. The van der Waals surface area contributed by atoms with Gasteiger partial charge in [-0.25, -0.2) is 13.1 Å². The maximum Gasteiger partial charge on any atom is 0.246 e. The molecule has 3 unspecified atom stereocenters. The lowest BCUT2D eigenvalue weighted by atomic mass is 9.74. The minimum Gasteiger partial charge on any atom is -0.344 e. The zero-order valence-electron chi connectivity index (χ0n) is 16.3. The zero-order chi connectivity index (χ0) is 20.2. The summed E-state index contributed by atoms with van der Waals surface area (Å²) in [5, 5.41) is 5.35. The van der Waals surface area contributed by atoms with Crippen LogP contribution >= 0.6 is 12.4 Å². The highest BCUT2D eigenvalue weighted by Gasteiger charge is 2.38. The van der Waals surface area contributed by atoms with Crippen LogP contribution in [0.1, 0.15) is 39.5 Å². The normalized spacial score (nSPS) is 23.2. The van der Waals surface area contributed by atoms with Crippen LogP contribution in [0.2, 0.25) is 0 Å². The van der Waals surface area contributed by atoms with E-state index in [0.29, 0.717) is 12.1 Å². The molecular weight excluding hydrogens is 404 g/mol. The Labute approximate surface area is 172 Å². The van der Waals surface area contributed by atoms with Gasteiger partial charge >= 0.3 is 0 Å². The molecule has 0 spiro atoms. The molecule has 0 saturated heterocycles. The molecular formula is C18H29ClN4O4S. The predicted octanol–water partition coefficient (Wildman–Crippen LogP) is 1.37. The molecule has 2 rings (SSSR count). The fourth-order valence-electron chi connectivity index (χ4n) is 3.28. The third-order valence-electron chi connectivity index (χ3n) is 5.00. The second kappa shape index (κ2) is 9.69. The summed E-state index contributed by atoms with van der Waals surface area (Å²) in [6.07, 6.45) is 3.42. The third kappa shape index (κ3) is 5.91. The number of halogens is 1. The monoisotopic (exact) mass is 432 g/mol. The molecule has 0 heterocycles. The number of anilines is 1. The van der Waals surface area contributed by atoms with Crippen LogP contribution in [-0.2, 0) is 19.6 Å². The number of sulfonamides is 1. The van der Waals surface area contributed by atoms with Crippen molar-refractivity contribution in [3.05, 3.63) is 24.3 Å². The first-order chi connectivity index (χ1) is 12.6. The fourth-order valence-corrected chi connectivity index (χ4v) is 4.05. The fraction of sp³-hybridized carbons (Fsp3) is 0.556. The summed E-state index contributed by atoms with van der Waals surface area (Å²) < 4.78 is 25.9. The summed E-state index contributed by atoms with van der Waals surface area (Å²) in [6, 6.07) is 5.12. The molecule has 1 aliphatic rings. The Bertz CT molecular complexity index is 814. The van der Waals surface area contributed by atoms with E-state index in [2.05, 4.69) is 15.4 Å². The number of hydrogen-bond donors (Lipinski definition) is 4. The number of nitrogens with one attached hydrogen (secondary N) is 3. The maximum atomic E-state index is 12.5. The highest BCUT2D eigenvalue weighted by molar-refractivity contribution is 7.89. The number of rotatable bonds is 6. The van der Waals surface area contributed by atoms with Gasteiger partial charge in [0.05, 0.1) is 10.8 Å². The molecule has 28 heavy (non-hydrogen) atoms. The van der Waals surface area contributed by atoms with Gasteiger partial charge in [0.15, 0.2) is 0 Å². The van der Waals surface area contributed by atoms with Crippen LogP contribution < -0.4 is 21.1 Å². The maximum absolute atomic E-state index is 12.5. The zero-order valence-corrected chi connectivity index (χ0v) is 18.0. The first-order valence-electron chi connectivity index (χ1n) is 9.00. The lowest BCUT2D eigenvalue weighted by molar-refractivity contribution is -0.131. The molecule has 1 fully saturated rings. The number of nitrogens with two attached hydrogens (primary N) is 1. The van der Waals surface area contributed by atoms with Crippen LogP contribution in [0.4, 0.5) is 5.69 Å². The summed E-state index contributed by atoms with van der Waals surface area (Å²) >= 11 is 0. The number of amides is 2. The van der Waals surface area contributed by atoms with Gasteiger partial charge in [0.25, 0.3) is 0 Å². The molecule has 5 N–H and O–H groups in total. The van der Waals surface area contributed by atoms with Crippen molar-refractivity contribution >= 4 is 39.9 Å². The predicted molar refractivity (Wildman–Crippen MR) is 111 cm³/mol. The van der Waals surface area contributed by atoms with Crippen LogP contribution in [0.15, 0.2) is 29.2 Å². The smallest absolute Gasteiger partial charge is 0.246 e. The van der Waals surface area contributed by atoms with Crippen LogP contribution in [0.25, 0.3) is 0 Å². The van der Waals surface area contributed by atoms with Crippen molar-refractivity contribution in [2.45, 2.75) is 56.0 Å². The van der Waals surface area contributed by atoms with Crippen molar-refractivity contribution in [2.24, 2.45) is 11.7 Å². The lowest BCUT2D eigenvalue weighted by Gasteiger charge is -2.37. The Balaban J connectivity index is 0.00000392. The lowest BCUT2D eigenvalue weighted by Crippen LogP contribution is -2.55. The van der Waals surface area contributed by atoms with E-state index < -0.39 is 27.5 Å². The summed E-state index contributed by atoms with van der Waals surface area (Å²) in [7, 11) is -2.29. The molecule has 0 bridgehead atoms. The van der Waals surface area contributed by atoms with Gasteiger partial charge in [0.1, 0.15) is 6.04 Å². The molecule has 0 aliphatic heterocycles. The van der Waals surface area contributed by atoms with E-state index in [9.17, 15) is 18.0 Å². The first kappa shape index (κ1) is 24.4. The molecule has 1 saturated carbocycles. The second-order valence-corrected chi connectivity index (χ2v) is 9.15. The Hall–Kier alpha value is -1.68. The molecule has 0 radical (unpaired) electrons. The van der Waals surface area contributed by atoms with E-state index in [0.717, 1.165) is 19.3 Å². The highest BCUT2D eigenvalue weighted by Crippen LogP contribution is 2.31. The molecule has 3 atom stereocenters. The second-order valence-electron chi connectivity index (χ2n) is 7.26. The summed E-state index contributed by atoms with van der Waals surface area (Å²) in [6.45, 7) is 3.45. The van der Waals surface area contributed by atoms with Crippen molar-refractivity contribution in [2.75, 3.05) is 12.4 Å². The quantitative estimate of drug-likeness (QED) is 0.539. The minimum absolute atomic E-state index is 0. The van der Waals surface area contributed by atoms with Gasteiger partial charge in [-0.2, -0.15) is 0 Å². The topological polar surface area (TPSA) is 130 Å². The molecule has 8 nitrogen and oxygen atoms in total. The van der Waals surface area contributed by atoms with Crippen LogP contribution in [0.3, 0.4) is 0 Å². The van der Waals surface area contributed by atoms with Crippen molar-refractivity contribution in [1.29, 1.82) is 0 Å². The van der Waals surface area contributed by atoms with E-state index in [-0.39, 0.29) is 29.1 Å². The Kier molecular flexibility index (Phi) is 8.43. The molecule has 2 amide bonds. The number of hydrogen-bond acceptors (Lipinski definition) is 5. The number of benzene rings is 1. The van der Waals surface area contributed by atoms with Crippen molar-refractivity contribution in [3.8, 4) is 0 Å². The molecule has 1 aromatic rings. The van der Waals surface area contributed by atoms with E-state index in [1.165, 1.54) is 25.2 Å². The number of carbonyl (C=O) groups excluding carboxylic acids is 2. The largest absolute Gasteiger partial charge is 0.344 e. The standard InChI is InChI=1S/C18H28N4O4S.ClH/c1-12(21-17(24)15-9-4-5-10-18(15,2)19)16(23)22-13-7-6-8-14(11-13)27(25,26)20-3;/h6-8,11-12,15,20H,4-5,9-10,19H2,1-3H3,(H,21,24)(H,22,23);1H. The molecule has 10 heteroatoms. The molecule has 0 aromatic heterocycles. The van der Waals surface area contributed by atoms with Crippen molar-refractivity contribution < 1.29 is 18.0 Å². The molecule has 1 aromatic carbocycles. The van der Waals surface area contributed by atoms with Crippen LogP contribution in [-0.4, -0.2) is 38.9 Å².